The Balaban J connectivity index is 1.62. The van der Waals surface area contributed by atoms with Crippen LogP contribution in [0.25, 0.3) is 10.1 Å². The van der Waals surface area contributed by atoms with Crippen molar-refractivity contribution in [3.05, 3.63) is 59.4 Å². The van der Waals surface area contributed by atoms with Gasteiger partial charge in [0.05, 0.1) is 15.8 Å². The summed E-state index contributed by atoms with van der Waals surface area (Å²) < 4.78 is 57.3. The summed E-state index contributed by atoms with van der Waals surface area (Å²) >= 11 is 1.31. The van der Waals surface area contributed by atoms with Gasteiger partial charge in [-0.3, -0.25) is 4.79 Å². The summed E-state index contributed by atoms with van der Waals surface area (Å²) in [5.41, 5.74) is -1.91. The van der Waals surface area contributed by atoms with Gasteiger partial charge in [-0.05, 0) is 41.9 Å². The number of halogens is 4. The Hall–Kier alpha value is -2.68. The lowest BCUT2D eigenvalue weighted by Crippen LogP contribution is -2.30. The number of hydrogen-bond donors (Lipinski definition) is 2. The zero-order valence-corrected chi connectivity index (χ0v) is 14.0. The average molecular weight is 383 g/mol. The molecule has 2 N–H and O–H groups in total. The molecule has 9 heteroatoms. The third-order valence-electron chi connectivity index (χ3n) is 3.61. The first kappa shape index (κ1) is 18.1. The molecule has 0 bridgehead atoms. The minimum Gasteiger partial charge on any atom is -0.367 e. The smallest absolute Gasteiger partial charge is 0.367 e. The molecule has 0 fully saturated rings. The van der Waals surface area contributed by atoms with Gasteiger partial charge in [0, 0.05) is 18.5 Å². The minimum absolute atomic E-state index is 0.0541. The molecule has 0 aliphatic rings. The highest BCUT2D eigenvalue weighted by Crippen LogP contribution is 2.32. The number of alkyl halides is 3. The number of carbonyl (C=O) groups excluding carboxylic acids is 1. The number of nitrogens with one attached hydrogen (secondary N) is 2. The van der Waals surface area contributed by atoms with E-state index < -0.39 is 29.0 Å². The summed E-state index contributed by atoms with van der Waals surface area (Å²) in [7, 11) is 0. The number of carbonyl (C=O) groups is 1. The Morgan fingerprint density at radius 2 is 1.88 bits per heavy atom. The van der Waals surface area contributed by atoms with Gasteiger partial charge in [-0.25, -0.2) is 4.39 Å². The second-order valence-corrected chi connectivity index (χ2v) is 6.20. The fraction of sp³-hybridized carbons (Fsp3) is 0.176. The van der Waals surface area contributed by atoms with Crippen molar-refractivity contribution in [2.24, 2.45) is 0 Å². The molecule has 136 valence electrons. The summed E-state index contributed by atoms with van der Waals surface area (Å²) in [6, 6.07) is 9.39. The molecule has 3 aromatic rings. The second kappa shape index (κ2) is 7.28. The molecule has 0 saturated heterocycles. The van der Waals surface area contributed by atoms with Gasteiger partial charge in [-0.2, -0.15) is 17.5 Å². The lowest BCUT2D eigenvalue weighted by Gasteiger charge is -2.13. The Labute approximate surface area is 150 Å². The molecule has 0 spiro atoms. The first-order chi connectivity index (χ1) is 12.4. The van der Waals surface area contributed by atoms with Crippen LogP contribution in [-0.4, -0.2) is 23.4 Å². The number of hydrogen-bond acceptors (Lipinski definition) is 4. The van der Waals surface area contributed by atoms with Gasteiger partial charge in [0.1, 0.15) is 11.6 Å². The van der Waals surface area contributed by atoms with E-state index in [0.717, 1.165) is 10.1 Å². The monoisotopic (exact) mass is 383 g/mol. The normalized spacial score (nSPS) is 11.5. The quantitative estimate of drug-likeness (QED) is 0.510. The molecule has 1 amide bonds. The van der Waals surface area contributed by atoms with Crippen molar-refractivity contribution in [1.82, 2.24) is 9.69 Å². The Kier molecular flexibility index (Phi) is 5.08. The lowest BCUT2D eigenvalue weighted by atomic mass is 10.1. The number of benzene rings is 2. The van der Waals surface area contributed by atoms with Gasteiger partial charge in [-0.1, -0.05) is 12.1 Å². The van der Waals surface area contributed by atoms with Crippen LogP contribution >= 0.6 is 11.5 Å². The zero-order valence-electron chi connectivity index (χ0n) is 13.2. The molecule has 1 aromatic heterocycles. The van der Waals surface area contributed by atoms with Crippen LogP contribution in [0, 0.1) is 5.82 Å². The van der Waals surface area contributed by atoms with E-state index in [9.17, 15) is 22.4 Å². The molecule has 0 unspecified atom stereocenters. The predicted octanol–water partition coefficient (Wildman–Crippen LogP) is 4.30. The van der Waals surface area contributed by atoms with Crippen molar-refractivity contribution in [2.45, 2.75) is 6.18 Å². The number of amides is 1. The SMILES string of the molecule is O=C(NCCNc1nsc2ccccc12)c1cc(F)ccc1C(F)(F)F. The van der Waals surface area contributed by atoms with Crippen LogP contribution in [0.15, 0.2) is 42.5 Å². The zero-order chi connectivity index (χ0) is 18.7. The number of anilines is 1. The molecule has 3 rings (SSSR count). The van der Waals surface area contributed by atoms with Gasteiger partial charge >= 0.3 is 6.18 Å². The molecular formula is C17H13F4N3OS. The highest BCUT2D eigenvalue weighted by atomic mass is 32.1. The standard InChI is InChI=1S/C17H13F4N3OS/c18-10-5-6-13(17(19,20)21)12(9-10)16(25)23-8-7-22-15-11-3-1-2-4-14(11)26-24-15/h1-6,9H,7-8H2,(H,22,24)(H,23,25). The van der Waals surface area contributed by atoms with E-state index in [1.165, 1.54) is 11.5 Å². The summed E-state index contributed by atoms with van der Waals surface area (Å²) in [5, 5.41) is 6.30. The molecular weight excluding hydrogens is 370 g/mol. The van der Waals surface area contributed by atoms with Gasteiger partial charge in [0.25, 0.3) is 5.91 Å². The van der Waals surface area contributed by atoms with Crippen molar-refractivity contribution in [3.8, 4) is 0 Å². The summed E-state index contributed by atoms with van der Waals surface area (Å²) in [5.74, 6) is -1.25. The molecule has 0 radical (unpaired) electrons. The molecule has 4 nitrogen and oxygen atoms in total. The van der Waals surface area contributed by atoms with E-state index in [4.69, 9.17) is 0 Å². The van der Waals surface area contributed by atoms with Crippen LogP contribution in [0.2, 0.25) is 0 Å². The third kappa shape index (κ3) is 3.93. The van der Waals surface area contributed by atoms with E-state index in [1.54, 1.807) is 0 Å². The van der Waals surface area contributed by atoms with E-state index >= 15 is 0 Å². The lowest BCUT2D eigenvalue weighted by molar-refractivity contribution is -0.138. The van der Waals surface area contributed by atoms with E-state index in [2.05, 4.69) is 15.0 Å². The molecule has 2 aromatic carbocycles. The van der Waals surface area contributed by atoms with E-state index in [0.29, 0.717) is 24.0 Å². The van der Waals surface area contributed by atoms with Crippen molar-refractivity contribution < 1.29 is 22.4 Å². The van der Waals surface area contributed by atoms with E-state index in [1.807, 2.05) is 24.3 Å². The maximum atomic E-state index is 13.3. The highest BCUT2D eigenvalue weighted by molar-refractivity contribution is 7.13. The van der Waals surface area contributed by atoms with Crippen LogP contribution in [-0.2, 0) is 6.18 Å². The molecule has 0 aliphatic carbocycles. The predicted molar refractivity (Wildman–Crippen MR) is 91.8 cm³/mol. The number of nitrogens with zero attached hydrogens (tertiary/aromatic N) is 1. The molecule has 1 heterocycles. The fourth-order valence-electron chi connectivity index (χ4n) is 2.42. The van der Waals surface area contributed by atoms with Crippen molar-refractivity contribution in [1.29, 1.82) is 0 Å². The highest BCUT2D eigenvalue weighted by Gasteiger charge is 2.35. The minimum atomic E-state index is -4.74. The molecule has 26 heavy (non-hydrogen) atoms. The van der Waals surface area contributed by atoms with Crippen molar-refractivity contribution >= 4 is 33.3 Å². The van der Waals surface area contributed by atoms with Crippen LogP contribution in [0.1, 0.15) is 15.9 Å². The first-order valence-electron chi connectivity index (χ1n) is 7.59. The Bertz CT molecular complexity index is 939. The third-order valence-corrected chi connectivity index (χ3v) is 4.44. The van der Waals surface area contributed by atoms with Gasteiger partial charge in [0.15, 0.2) is 0 Å². The van der Waals surface area contributed by atoms with Crippen LogP contribution in [0.3, 0.4) is 0 Å². The maximum Gasteiger partial charge on any atom is 0.417 e. The number of aromatic nitrogens is 1. The number of fused-ring (bicyclic) bond motifs is 1. The fourth-order valence-corrected chi connectivity index (χ4v) is 3.17. The van der Waals surface area contributed by atoms with Crippen LogP contribution < -0.4 is 10.6 Å². The van der Waals surface area contributed by atoms with E-state index in [-0.39, 0.29) is 13.1 Å². The Morgan fingerprint density at radius 1 is 1.12 bits per heavy atom. The van der Waals surface area contributed by atoms with Crippen LogP contribution in [0.5, 0.6) is 0 Å². The van der Waals surface area contributed by atoms with Crippen molar-refractivity contribution in [2.75, 3.05) is 18.4 Å². The average Bonchev–Trinajstić information content (AvgIpc) is 3.00. The molecule has 0 aliphatic heterocycles. The van der Waals surface area contributed by atoms with Gasteiger partial charge in [-0.15, -0.1) is 0 Å². The van der Waals surface area contributed by atoms with Gasteiger partial charge < -0.3 is 10.6 Å². The molecule has 0 atom stereocenters. The van der Waals surface area contributed by atoms with Crippen LogP contribution in [0.4, 0.5) is 23.4 Å². The molecule has 0 saturated carbocycles. The largest absolute Gasteiger partial charge is 0.417 e. The summed E-state index contributed by atoms with van der Waals surface area (Å²) in [6.07, 6.45) is -4.74. The maximum absolute atomic E-state index is 13.3. The summed E-state index contributed by atoms with van der Waals surface area (Å²) in [6.45, 7) is 0.314. The number of rotatable bonds is 5. The second-order valence-electron chi connectivity index (χ2n) is 5.40. The topological polar surface area (TPSA) is 54.0 Å². The van der Waals surface area contributed by atoms with Crippen molar-refractivity contribution in [3.63, 3.8) is 0 Å². The van der Waals surface area contributed by atoms with Gasteiger partial charge in [0.2, 0.25) is 0 Å². The Morgan fingerprint density at radius 3 is 2.65 bits per heavy atom. The summed E-state index contributed by atoms with van der Waals surface area (Å²) in [4.78, 5) is 12.0. The first-order valence-corrected chi connectivity index (χ1v) is 8.37.